The zero-order chi connectivity index (χ0) is 9.56. The molecule has 1 aromatic carbocycles. The SMILES string of the molecule is CC.Cc1cc(CN)ccc1F. The second-order valence-electron chi connectivity index (χ2n) is 2.29. The average molecular weight is 169 g/mol. The Morgan fingerprint density at radius 2 is 1.92 bits per heavy atom. The van der Waals surface area contributed by atoms with Crippen molar-refractivity contribution >= 4 is 0 Å². The van der Waals surface area contributed by atoms with Gasteiger partial charge in [0.05, 0.1) is 0 Å². The van der Waals surface area contributed by atoms with Crippen molar-refractivity contribution in [3.8, 4) is 0 Å². The van der Waals surface area contributed by atoms with Crippen molar-refractivity contribution in [1.82, 2.24) is 0 Å². The molecule has 0 bridgehead atoms. The molecular weight excluding hydrogens is 153 g/mol. The smallest absolute Gasteiger partial charge is 0.126 e. The third kappa shape index (κ3) is 3.01. The van der Waals surface area contributed by atoms with Crippen molar-refractivity contribution in [2.24, 2.45) is 5.73 Å². The van der Waals surface area contributed by atoms with E-state index >= 15 is 0 Å². The fourth-order valence-corrected chi connectivity index (χ4v) is 0.834. The van der Waals surface area contributed by atoms with E-state index in [1.54, 1.807) is 19.1 Å². The van der Waals surface area contributed by atoms with Gasteiger partial charge in [0.1, 0.15) is 5.82 Å². The summed E-state index contributed by atoms with van der Waals surface area (Å²) >= 11 is 0. The fraction of sp³-hybridized carbons (Fsp3) is 0.400. The maximum Gasteiger partial charge on any atom is 0.126 e. The Labute approximate surface area is 73.4 Å². The summed E-state index contributed by atoms with van der Waals surface area (Å²) in [5.41, 5.74) is 6.97. The number of hydrogen-bond donors (Lipinski definition) is 1. The van der Waals surface area contributed by atoms with E-state index in [-0.39, 0.29) is 5.82 Å². The predicted octanol–water partition coefficient (Wildman–Crippen LogP) is 2.62. The number of rotatable bonds is 1. The Hall–Kier alpha value is -0.890. The Morgan fingerprint density at radius 3 is 2.33 bits per heavy atom. The first-order chi connectivity index (χ1) is 5.74. The molecule has 0 aliphatic carbocycles. The molecule has 0 fully saturated rings. The molecular formula is C10H16FN. The molecule has 0 amide bonds. The van der Waals surface area contributed by atoms with Gasteiger partial charge in [-0.25, -0.2) is 4.39 Å². The summed E-state index contributed by atoms with van der Waals surface area (Å²) in [5, 5.41) is 0. The highest BCUT2D eigenvalue weighted by atomic mass is 19.1. The van der Waals surface area contributed by atoms with E-state index in [0.29, 0.717) is 12.1 Å². The molecule has 1 rings (SSSR count). The maximum absolute atomic E-state index is 12.6. The summed E-state index contributed by atoms with van der Waals surface area (Å²) in [5.74, 6) is -0.169. The van der Waals surface area contributed by atoms with E-state index in [1.165, 1.54) is 6.07 Å². The molecule has 0 atom stereocenters. The number of benzene rings is 1. The molecule has 1 aromatic rings. The van der Waals surface area contributed by atoms with Gasteiger partial charge < -0.3 is 5.73 Å². The third-order valence-electron chi connectivity index (χ3n) is 1.46. The van der Waals surface area contributed by atoms with Crippen LogP contribution >= 0.6 is 0 Å². The van der Waals surface area contributed by atoms with Gasteiger partial charge in [0.15, 0.2) is 0 Å². The van der Waals surface area contributed by atoms with Crippen LogP contribution in [-0.2, 0) is 6.54 Å². The quantitative estimate of drug-likeness (QED) is 0.687. The lowest BCUT2D eigenvalue weighted by molar-refractivity contribution is 0.617. The van der Waals surface area contributed by atoms with Gasteiger partial charge in [-0.05, 0) is 24.1 Å². The molecule has 0 aliphatic rings. The van der Waals surface area contributed by atoms with Crippen molar-refractivity contribution in [3.05, 3.63) is 35.1 Å². The van der Waals surface area contributed by atoms with Crippen molar-refractivity contribution < 1.29 is 4.39 Å². The zero-order valence-corrected chi connectivity index (χ0v) is 7.89. The van der Waals surface area contributed by atoms with Crippen LogP contribution in [0.5, 0.6) is 0 Å². The number of aryl methyl sites for hydroxylation is 1. The second kappa shape index (κ2) is 5.72. The summed E-state index contributed by atoms with van der Waals surface area (Å²) in [6.45, 7) is 6.20. The van der Waals surface area contributed by atoms with E-state index in [4.69, 9.17) is 5.73 Å². The molecule has 1 nitrogen and oxygen atoms in total. The first-order valence-electron chi connectivity index (χ1n) is 4.19. The molecule has 0 saturated carbocycles. The minimum Gasteiger partial charge on any atom is -0.326 e. The predicted molar refractivity (Wildman–Crippen MR) is 50.4 cm³/mol. The number of nitrogens with two attached hydrogens (primary N) is 1. The Bertz CT molecular complexity index is 233. The van der Waals surface area contributed by atoms with E-state index in [0.717, 1.165) is 5.56 Å². The number of halogens is 1. The van der Waals surface area contributed by atoms with Gasteiger partial charge >= 0.3 is 0 Å². The molecule has 2 heteroatoms. The van der Waals surface area contributed by atoms with Gasteiger partial charge in [0.2, 0.25) is 0 Å². The van der Waals surface area contributed by atoms with E-state index < -0.39 is 0 Å². The number of hydrogen-bond acceptors (Lipinski definition) is 1. The van der Waals surface area contributed by atoms with Gasteiger partial charge in [0, 0.05) is 6.54 Å². The fourth-order valence-electron chi connectivity index (χ4n) is 0.834. The van der Waals surface area contributed by atoms with Gasteiger partial charge in [-0.2, -0.15) is 0 Å². The van der Waals surface area contributed by atoms with Crippen LogP contribution in [0.15, 0.2) is 18.2 Å². The van der Waals surface area contributed by atoms with E-state index in [1.807, 2.05) is 13.8 Å². The maximum atomic E-state index is 12.6. The van der Waals surface area contributed by atoms with Crippen LogP contribution in [0.2, 0.25) is 0 Å². The summed E-state index contributed by atoms with van der Waals surface area (Å²) in [4.78, 5) is 0. The van der Waals surface area contributed by atoms with Crippen LogP contribution in [0.25, 0.3) is 0 Å². The largest absolute Gasteiger partial charge is 0.326 e. The van der Waals surface area contributed by atoms with Crippen molar-refractivity contribution in [2.75, 3.05) is 0 Å². The van der Waals surface area contributed by atoms with E-state index in [2.05, 4.69) is 0 Å². The van der Waals surface area contributed by atoms with Crippen LogP contribution in [0.1, 0.15) is 25.0 Å². The molecule has 68 valence electrons. The highest BCUT2D eigenvalue weighted by Gasteiger charge is 1.95. The minimum atomic E-state index is -0.169. The van der Waals surface area contributed by atoms with Crippen molar-refractivity contribution in [1.29, 1.82) is 0 Å². The zero-order valence-electron chi connectivity index (χ0n) is 7.89. The van der Waals surface area contributed by atoms with Crippen LogP contribution in [0.3, 0.4) is 0 Å². The van der Waals surface area contributed by atoms with Gasteiger partial charge in [-0.1, -0.05) is 26.0 Å². The standard InChI is InChI=1S/C8H10FN.C2H6/c1-6-4-7(5-10)2-3-8(6)9;1-2/h2-4H,5,10H2,1H3;1-2H3. The molecule has 0 radical (unpaired) electrons. The molecule has 0 aliphatic heterocycles. The normalized spacial score (nSPS) is 8.75. The summed E-state index contributed by atoms with van der Waals surface area (Å²) in [7, 11) is 0. The summed E-state index contributed by atoms with van der Waals surface area (Å²) in [6, 6.07) is 4.90. The Morgan fingerprint density at radius 1 is 1.33 bits per heavy atom. The molecule has 0 spiro atoms. The van der Waals surface area contributed by atoms with Gasteiger partial charge in [-0.15, -0.1) is 0 Å². The topological polar surface area (TPSA) is 26.0 Å². The lowest BCUT2D eigenvalue weighted by Crippen LogP contribution is -1.96. The van der Waals surface area contributed by atoms with Crippen molar-refractivity contribution in [3.63, 3.8) is 0 Å². The van der Waals surface area contributed by atoms with Crippen LogP contribution in [0.4, 0.5) is 4.39 Å². The summed E-state index contributed by atoms with van der Waals surface area (Å²) in [6.07, 6.45) is 0. The van der Waals surface area contributed by atoms with Crippen LogP contribution < -0.4 is 5.73 Å². The molecule has 0 aromatic heterocycles. The molecule has 0 unspecified atom stereocenters. The first-order valence-corrected chi connectivity index (χ1v) is 4.19. The third-order valence-corrected chi connectivity index (χ3v) is 1.46. The molecule has 0 heterocycles. The van der Waals surface area contributed by atoms with E-state index in [9.17, 15) is 4.39 Å². The lowest BCUT2D eigenvalue weighted by Gasteiger charge is -1.98. The summed E-state index contributed by atoms with van der Waals surface area (Å²) < 4.78 is 12.6. The minimum absolute atomic E-state index is 0.169. The van der Waals surface area contributed by atoms with Gasteiger partial charge in [-0.3, -0.25) is 0 Å². The second-order valence-corrected chi connectivity index (χ2v) is 2.29. The van der Waals surface area contributed by atoms with Crippen molar-refractivity contribution in [2.45, 2.75) is 27.3 Å². The highest BCUT2D eigenvalue weighted by Crippen LogP contribution is 2.07. The Kier molecular flexibility index (Phi) is 5.30. The van der Waals surface area contributed by atoms with Crippen LogP contribution in [0, 0.1) is 12.7 Å². The van der Waals surface area contributed by atoms with Crippen LogP contribution in [-0.4, -0.2) is 0 Å². The van der Waals surface area contributed by atoms with Gasteiger partial charge in [0.25, 0.3) is 0 Å². The Balaban J connectivity index is 0.000000561. The lowest BCUT2D eigenvalue weighted by atomic mass is 10.1. The molecule has 0 saturated heterocycles. The highest BCUT2D eigenvalue weighted by molar-refractivity contribution is 5.23. The molecule has 12 heavy (non-hydrogen) atoms. The first kappa shape index (κ1) is 11.1. The monoisotopic (exact) mass is 169 g/mol. The molecule has 2 N–H and O–H groups in total. The average Bonchev–Trinajstić information content (AvgIpc) is 2.13.